The van der Waals surface area contributed by atoms with Crippen molar-refractivity contribution < 1.29 is 33.4 Å². The van der Waals surface area contributed by atoms with E-state index in [-0.39, 0.29) is 17.9 Å². The van der Waals surface area contributed by atoms with Crippen molar-refractivity contribution in [1.29, 1.82) is 0 Å². The molecule has 1 saturated carbocycles. The average molecular weight is 507 g/mol. The maximum absolute atomic E-state index is 14.6. The highest BCUT2D eigenvalue weighted by atomic mass is 16.6. The fourth-order valence-electron chi connectivity index (χ4n) is 5.54. The van der Waals surface area contributed by atoms with Gasteiger partial charge < -0.3 is 14.8 Å². The quantitative estimate of drug-likeness (QED) is 0.481. The zero-order valence-electron chi connectivity index (χ0n) is 21.5. The number of para-hydroxylation sites is 2. The Bertz CT molecular complexity index is 1280. The topological polar surface area (TPSA) is 119 Å². The van der Waals surface area contributed by atoms with E-state index in [0.717, 1.165) is 4.90 Å². The molecule has 1 spiro atoms. The van der Waals surface area contributed by atoms with E-state index in [4.69, 9.17) is 9.47 Å². The van der Waals surface area contributed by atoms with Crippen molar-refractivity contribution >= 4 is 40.9 Å². The lowest BCUT2D eigenvalue weighted by atomic mass is 9.61. The monoisotopic (exact) mass is 506 g/mol. The number of amides is 2. The fraction of sp³-hybridized carbons (Fsp3) is 0.393. The van der Waals surface area contributed by atoms with Crippen molar-refractivity contribution in [3.8, 4) is 0 Å². The van der Waals surface area contributed by atoms with Crippen LogP contribution in [0, 0.1) is 5.92 Å². The van der Waals surface area contributed by atoms with E-state index in [2.05, 4.69) is 5.32 Å². The summed E-state index contributed by atoms with van der Waals surface area (Å²) >= 11 is 0. The number of fused-ring (bicyclic) bond motifs is 2. The molecule has 1 heterocycles. The Balaban J connectivity index is 2.05. The first kappa shape index (κ1) is 26.1. The maximum Gasteiger partial charge on any atom is 0.421 e. The minimum Gasteiger partial charge on any atom is -0.466 e. The van der Waals surface area contributed by atoms with Crippen LogP contribution in [0.2, 0.25) is 0 Å². The molecule has 0 aromatic heterocycles. The second-order valence-corrected chi connectivity index (χ2v) is 10.2. The van der Waals surface area contributed by atoms with Crippen LogP contribution in [0.4, 0.5) is 16.2 Å². The standard InChI is InChI=1S/C28H30N2O7/c1-6-36-23(33)20-16-22(32)28(17(2)31,29-18-12-8-7-9-13-18)27(20)19-14-10-11-15-21(19)30(24(27)34)25(35)37-26(3,4)5/h7-15,20,29H,6,16H2,1-5H3/t20-,27+,28+/m0/s1. The summed E-state index contributed by atoms with van der Waals surface area (Å²) in [6, 6.07) is 14.8. The van der Waals surface area contributed by atoms with Crippen LogP contribution >= 0.6 is 0 Å². The summed E-state index contributed by atoms with van der Waals surface area (Å²) in [6.07, 6.45) is -1.40. The largest absolute Gasteiger partial charge is 0.466 e. The number of imide groups is 1. The number of ketones is 2. The van der Waals surface area contributed by atoms with Crippen molar-refractivity contribution in [3.05, 3.63) is 60.2 Å². The Morgan fingerprint density at radius 2 is 1.65 bits per heavy atom. The van der Waals surface area contributed by atoms with Crippen molar-refractivity contribution in [2.45, 2.75) is 57.6 Å². The molecule has 2 aromatic carbocycles. The highest BCUT2D eigenvalue weighted by molar-refractivity contribution is 6.32. The first-order chi connectivity index (χ1) is 17.4. The smallest absolute Gasteiger partial charge is 0.421 e. The van der Waals surface area contributed by atoms with Gasteiger partial charge in [0.2, 0.25) is 0 Å². The van der Waals surface area contributed by atoms with Crippen molar-refractivity contribution in [2.75, 3.05) is 16.8 Å². The summed E-state index contributed by atoms with van der Waals surface area (Å²) in [7, 11) is 0. The van der Waals surface area contributed by atoms with E-state index in [0.29, 0.717) is 5.69 Å². The number of hydrogen-bond donors (Lipinski definition) is 1. The Labute approximate surface area is 215 Å². The second kappa shape index (κ2) is 9.14. The molecule has 0 unspecified atom stereocenters. The van der Waals surface area contributed by atoms with Crippen LogP contribution in [0.25, 0.3) is 0 Å². The summed E-state index contributed by atoms with van der Waals surface area (Å²) < 4.78 is 10.8. The predicted octanol–water partition coefficient (Wildman–Crippen LogP) is 3.80. The summed E-state index contributed by atoms with van der Waals surface area (Å²) in [5.41, 5.74) is -4.47. The van der Waals surface area contributed by atoms with Crippen LogP contribution < -0.4 is 10.2 Å². The number of carbonyl (C=O) groups excluding carboxylic acids is 5. The van der Waals surface area contributed by atoms with Gasteiger partial charge in [0, 0.05) is 12.1 Å². The Morgan fingerprint density at radius 3 is 2.24 bits per heavy atom. The normalized spacial score (nSPS) is 24.7. The van der Waals surface area contributed by atoms with Gasteiger partial charge in [0.15, 0.2) is 17.1 Å². The molecule has 1 fully saturated rings. The summed E-state index contributed by atoms with van der Waals surface area (Å²) in [5.74, 6) is -4.37. The number of carbonyl (C=O) groups is 5. The third-order valence-electron chi connectivity index (χ3n) is 6.81. The minimum absolute atomic E-state index is 0.00437. The summed E-state index contributed by atoms with van der Waals surface area (Å²) in [5, 5.41) is 3.04. The molecule has 0 bridgehead atoms. The lowest BCUT2D eigenvalue weighted by Gasteiger charge is -2.42. The number of anilines is 2. The van der Waals surface area contributed by atoms with Crippen LogP contribution in [0.3, 0.4) is 0 Å². The Kier molecular flexibility index (Phi) is 6.44. The third kappa shape index (κ3) is 3.80. The van der Waals surface area contributed by atoms with E-state index in [9.17, 15) is 24.0 Å². The van der Waals surface area contributed by atoms with E-state index < -0.39 is 58.4 Å². The first-order valence-electron chi connectivity index (χ1n) is 12.1. The fourth-order valence-corrected chi connectivity index (χ4v) is 5.54. The van der Waals surface area contributed by atoms with Crippen LogP contribution in [0.5, 0.6) is 0 Å². The Morgan fingerprint density at radius 1 is 1.03 bits per heavy atom. The molecule has 9 heteroatoms. The average Bonchev–Trinajstić information content (AvgIpc) is 3.24. The highest BCUT2D eigenvalue weighted by Crippen LogP contribution is 2.59. The molecule has 0 saturated heterocycles. The summed E-state index contributed by atoms with van der Waals surface area (Å²) in [4.78, 5) is 69.7. The molecule has 2 aromatic rings. The van der Waals surface area contributed by atoms with Gasteiger partial charge in [-0.2, -0.15) is 0 Å². The highest BCUT2D eigenvalue weighted by Gasteiger charge is 2.78. The maximum atomic E-state index is 14.6. The molecule has 3 atom stereocenters. The molecular formula is C28H30N2O7. The molecule has 4 rings (SSSR count). The molecule has 1 N–H and O–H groups in total. The van der Waals surface area contributed by atoms with E-state index in [1.54, 1.807) is 76.2 Å². The van der Waals surface area contributed by atoms with Crippen LogP contribution in [-0.4, -0.2) is 47.3 Å². The van der Waals surface area contributed by atoms with Gasteiger partial charge in [0.05, 0.1) is 18.2 Å². The van der Waals surface area contributed by atoms with Gasteiger partial charge in [-0.3, -0.25) is 19.2 Å². The number of nitrogens with zero attached hydrogens (tertiary/aromatic N) is 1. The lowest BCUT2D eigenvalue weighted by Crippen LogP contribution is -2.68. The lowest BCUT2D eigenvalue weighted by molar-refractivity contribution is -0.153. The van der Waals surface area contributed by atoms with Gasteiger partial charge in [-0.15, -0.1) is 0 Å². The zero-order valence-corrected chi connectivity index (χ0v) is 21.5. The number of hydrogen-bond acceptors (Lipinski definition) is 8. The molecule has 0 radical (unpaired) electrons. The minimum atomic E-state index is -2.18. The molecule has 1 aliphatic heterocycles. The molecule has 9 nitrogen and oxygen atoms in total. The van der Waals surface area contributed by atoms with Gasteiger partial charge >= 0.3 is 12.1 Å². The van der Waals surface area contributed by atoms with Gasteiger partial charge in [-0.1, -0.05) is 36.4 Å². The number of rotatable bonds is 5. The predicted molar refractivity (Wildman–Crippen MR) is 135 cm³/mol. The number of esters is 1. The van der Waals surface area contributed by atoms with Crippen molar-refractivity contribution in [2.24, 2.45) is 5.92 Å². The first-order valence-corrected chi connectivity index (χ1v) is 12.1. The van der Waals surface area contributed by atoms with Gasteiger partial charge in [0.1, 0.15) is 11.0 Å². The Hall–Kier alpha value is -4.01. The zero-order chi connectivity index (χ0) is 27.2. The molecular weight excluding hydrogens is 476 g/mol. The molecule has 2 amide bonds. The molecule has 37 heavy (non-hydrogen) atoms. The summed E-state index contributed by atoms with van der Waals surface area (Å²) in [6.45, 7) is 7.79. The van der Waals surface area contributed by atoms with Gasteiger partial charge in [0.25, 0.3) is 5.91 Å². The molecule has 1 aliphatic carbocycles. The van der Waals surface area contributed by atoms with Crippen molar-refractivity contribution in [1.82, 2.24) is 0 Å². The van der Waals surface area contributed by atoms with E-state index in [1.807, 2.05) is 0 Å². The number of Topliss-reactive ketones (excluding diaryl/α,β-unsaturated/α-hetero) is 2. The number of ether oxygens (including phenoxy) is 2. The van der Waals surface area contributed by atoms with Gasteiger partial charge in [-0.05, 0) is 58.4 Å². The van der Waals surface area contributed by atoms with Crippen LogP contribution in [0.15, 0.2) is 54.6 Å². The van der Waals surface area contributed by atoms with E-state index in [1.165, 1.54) is 13.0 Å². The molecule has 194 valence electrons. The third-order valence-corrected chi connectivity index (χ3v) is 6.81. The van der Waals surface area contributed by atoms with Crippen LogP contribution in [0.1, 0.15) is 46.6 Å². The molecule has 2 aliphatic rings. The van der Waals surface area contributed by atoms with Gasteiger partial charge in [-0.25, -0.2) is 9.69 Å². The SMILES string of the molecule is CCOC(=O)[C@@H]1CC(=O)[C@](Nc2ccccc2)(C(C)=O)[C@@]12C(=O)N(C(=O)OC(C)(C)C)c1ccccc12. The van der Waals surface area contributed by atoms with E-state index >= 15 is 0 Å². The number of nitrogens with one attached hydrogen (secondary N) is 1. The van der Waals surface area contributed by atoms with Crippen molar-refractivity contribution in [3.63, 3.8) is 0 Å². The second-order valence-electron chi connectivity index (χ2n) is 10.2. The number of benzene rings is 2. The van der Waals surface area contributed by atoms with Crippen LogP contribution in [-0.2, 0) is 34.1 Å².